The second-order valence-electron chi connectivity index (χ2n) is 6.57. The Morgan fingerprint density at radius 1 is 1.26 bits per heavy atom. The molecule has 0 saturated carbocycles. The van der Waals surface area contributed by atoms with Gasteiger partial charge in [-0.3, -0.25) is 0 Å². The highest BCUT2D eigenvalue weighted by atomic mass is 19.4. The fraction of sp³-hybridized carbons (Fsp3) is 0.450. The maximum atomic E-state index is 13.3. The van der Waals surface area contributed by atoms with Crippen LogP contribution >= 0.6 is 0 Å². The first kappa shape index (κ1) is 24.2. The molecule has 0 saturated heterocycles. The van der Waals surface area contributed by atoms with Crippen LogP contribution in [-0.2, 0) is 15.7 Å². The maximum absolute atomic E-state index is 13.3. The molecule has 0 unspecified atom stereocenters. The van der Waals surface area contributed by atoms with Gasteiger partial charge in [-0.2, -0.15) is 13.2 Å². The third kappa shape index (κ3) is 5.97. The topological polar surface area (TPSA) is 89.7 Å². The molecule has 0 atom stereocenters. The SMILES string of the molecule is CCC(C)=C(c1nonc1NCCCOC)N(C(=O)OC)c1cccc(C(F)(F)F)c1. The number of benzene rings is 1. The molecule has 0 aliphatic heterocycles. The van der Waals surface area contributed by atoms with Gasteiger partial charge in [0.15, 0.2) is 5.69 Å². The summed E-state index contributed by atoms with van der Waals surface area (Å²) in [4.78, 5) is 13.7. The number of allylic oxidation sites excluding steroid dienone is 1. The van der Waals surface area contributed by atoms with E-state index in [0.29, 0.717) is 31.6 Å². The Hall–Kier alpha value is -3.08. The van der Waals surface area contributed by atoms with E-state index in [1.54, 1.807) is 14.0 Å². The molecule has 1 heterocycles. The highest BCUT2D eigenvalue weighted by Crippen LogP contribution is 2.36. The predicted molar refractivity (Wildman–Crippen MR) is 108 cm³/mol. The van der Waals surface area contributed by atoms with Crippen molar-refractivity contribution in [2.24, 2.45) is 0 Å². The van der Waals surface area contributed by atoms with E-state index in [9.17, 15) is 18.0 Å². The molecule has 0 aliphatic carbocycles. The fourth-order valence-electron chi connectivity index (χ4n) is 2.79. The lowest BCUT2D eigenvalue weighted by molar-refractivity contribution is -0.137. The van der Waals surface area contributed by atoms with Crippen molar-refractivity contribution in [1.29, 1.82) is 0 Å². The Morgan fingerprint density at radius 2 is 2.00 bits per heavy atom. The standard InChI is InChI=1S/C20H25F3N4O4/c1-5-13(2)17(16-18(26-31-25-16)24-10-7-11-29-3)27(19(28)30-4)15-9-6-8-14(12-15)20(21,22)23/h6,8-9,12H,5,7,10-11H2,1-4H3,(H,24,26). The first-order valence-corrected chi connectivity index (χ1v) is 9.55. The summed E-state index contributed by atoms with van der Waals surface area (Å²) in [6, 6.07) is 4.40. The molecular formula is C20H25F3N4O4. The molecule has 170 valence electrons. The number of aromatic nitrogens is 2. The van der Waals surface area contributed by atoms with Crippen LogP contribution in [0.15, 0.2) is 34.5 Å². The summed E-state index contributed by atoms with van der Waals surface area (Å²) in [6.07, 6.45) is -4.30. The van der Waals surface area contributed by atoms with Gasteiger partial charge in [-0.25, -0.2) is 14.3 Å². The zero-order valence-corrected chi connectivity index (χ0v) is 17.7. The van der Waals surface area contributed by atoms with Crippen LogP contribution < -0.4 is 10.2 Å². The van der Waals surface area contributed by atoms with Crippen LogP contribution in [-0.4, -0.2) is 43.8 Å². The molecule has 2 aromatic rings. The van der Waals surface area contributed by atoms with Crippen LogP contribution in [0.4, 0.5) is 29.5 Å². The molecule has 1 N–H and O–H groups in total. The van der Waals surface area contributed by atoms with Gasteiger partial charge < -0.3 is 14.8 Å². The van der Waals surface area contributed by atoms with Gasteiger partial charge in [0.05, 0.1) is 24.1 Å². The monoisotopic (exact) mass is 442 g/mol. The van der Waals surface area contributed by atoms with Crippen molar-refractivity contribution in [3.63, 3.8) is 0 Å². The number of anilines is 2. The molecule has 0 bridgehead atoms. The second-order valence-corrected chi connectivity index (χ2v) is 6.57. The summed E-state index contributed by atoms with van der Waals surface area (Å²) in [5, 5.41) is 10.8. The van der Waals surface area contributed by atoms with E-state index in [1.807, 2.05) is 6.92 Å². The molecule has 1 aromatic carbocycles. The molecule has 1 aromatic heterocycles. The Labute approximate surface area is 178 Å². The number of nitrogens with zero attached hydrogens (tertiary/aromatic N) is 3. The van der Waals surface area contributed by atoms with Crippen LogP contribution in [0.25, 0.3) is 5.70 Å². The summed E-state index contributed by atoms with van der Waals surface area (Å²) in [5.41, 5.74) is 0.142. The van der Waals surface area contributed by atoms with Crippen LogP contribution in [0.3, 0.4) is 0 Å². The fourth-order valence-corrected chi connectivity index (χ4v) is 2.79. The Bertz CT molecular complexity index is 912. The number of carbonyl (C=O) groups excluding carboxylic acids is 1. The average molecular weight is 442 g/mol. The normalized spacial score (nSPS) is 12.4. The van der Waals surface area contributed by atoms with Crippen molar-refractivity contribution in [2.45, 2.75) is 32.9 Å². The van der Waals surface area contributed by atoms with Gasteiger partial charge in [0, 0.05) is 20.3 Å². The van der Waals surface area contributed by atoms with Crippen molar-refractivity contribution in [3.05, 3.63) is 41.1 Å². The lowest BCUT2D eigenvalue weighted by Gasteiger charge is -2.26. The predicted octanol–water partition coefficient (Wildman–Crippen LogP) is 4.95. The number of hydrogen-bond acceptors (Lipinski definition) is 7. The highest BCUT2D eigenvalue weighted by molar-refractivity contribution is 6.03. The van der Waals surface area contributed by atoms with E-state index in [1.165, 1.54) is 12.1 Å². The zero-order chi connectivity index (χ0) is 23.0. The molecule has 2 rings (SSSR count). The van der Waals surface area contributed by atoms with Crippen molar-refractivity contribution in [3.8, 4) is 0 Å². The third-order valence-electron chi connectivity index (χ3n) is 4.48. The molecule has 11 heteroatoms. The van der Waals surface area contributed by atoms with Gasteiger partial charge in [-0.15, -0.1) is 0 Å². The number of alkyl halides is 3. The van der Waals surface area contributed by atoms with Crippen molar-refractivity contribution < 1.29 is 32.1 Å². The summed E-state index contributed by atoms with van der Waals surface area (Å²) < 4.78 is 54.6. The van der Waals surface area contributed by atoms with Gasteiger partial charge in [0.1, 0.15) is 0 Å². The molecule has 0 spiro atoms. The van der Waals surface area contributed by atoms with Gasteiger partial charge in [0.2, 0.25) is 5.82 Å². The number of carbonyl (C=O) groups is 1. The van der Waals surface area contributed by atoms with Crippen molar-refractivity contribution in [2.75, 3.05) is 37.6 Å². The summed E-state index contributed by atoms with van der Waals surface area (Å²) in [7, 11) is 2.73. The van der Waals surface area contributed by atoms with E-state index in [4.69, 9.17) is 14.1 Å². The summed E-state index contributed by atoms with van der Waals surface area (Å²) in [6.45, 7) is 4.58. The van der Waals surface area contributed by atoms with E-state index < -0.39 is 17.8 Å². The first-order chi connectivity index (χ1) is 14.7. The summed E-state index contributed by atoms with van der Waals surface area (Å²) in [5.74, 6) is 0.250. The van der Waals surface area contributed by atoms with Crippen molar-refractivity contribution in [1.82, 2.24) is 10.3 Å². The second kappa shape index (κ2) is 10.8. The quantitative estimate of drug-likeness (QED) is 0.550. The van der Waals surface area contributed by atoms with Gasteiger partial charge in [-0.1, -0.05) is 13.0 Å². The number of nitrogens with one attached hydrogen (secondary N) is 1. The average Bonchev–Trinajstić information content (AvgIpc) is 3.21. The van der Waals surface area contributed by atoms with E-state index in [2.05, 4.69) is 15.6 Å². The first-order valence-electron chi connectivity index (χ1n) is 9.55. The number of rotatable bonds is 9. The van der Waals surface area contributed by atoms with E-state index in [-0.39, 0.29) is 22.9 Å². The molecule has 8 nitrogen and oxygen atoms in total. The minimum absolute atomic E-state index is 0.0298. The summed E-state index contributed by atoms with van der Waals surface area (Å²) >= 11 is 0. The molecule has 0 aliphatic rings. The Morgan fingerprint density at radius 3 is 2.61 bits per heavy atom. The number of amides is 1. The van der Waals surface area contributed by atoms with Gasteiger partial charge in [-0.05, 0) is 53.9 Å². The van der Waals surface area contributed by atoms with Crippen LogP contribution in [0.5, 0.6) is 0 Å². The van der Waals surface area contributed by atoms with Crippen molar-refractivity contribution >= 4 is 23.3 Å². The molecule has 1 amide bonds. The minimum Gasteiger partial charge on any atom is -0.452 e. The van der Waals surface area contributed by atoms with Gasteiger partial charge >= 0.3 is 12.3 Å². The smallest absolute Gasteiger partial charge is 0.418 e. The van der Waals surface area contributed by atoms with Gasteiger partial charge in [0.25, 0.3) is 0 Å². The lowest BCUT2D eigenvalue weighted by atomic mass is 10.1. The minimum atomic E-state index is -4.58. The Balaban J connectivity index is 2.57. The number of methoxy groups -OCH3 is 2. The van der Waals surface area contributed by atoms with Crippen LogP contribution in [0, 0.1) is 0 Å². The highest BCUT2D eigenvalue weighted by Gasteiger charge is 2.33. The number of hydrogen-bond donors (Lipinski definition) is 1. The number of ether oxygens (including phenoxy) is 2. The van der Waals surface area contributed by atoms with Crippen LogP contribution in [0.1, 0.15) is 37.9 Å². The zero-order valence-electron chi connectivity index (χ0n) is 17.7. The van der Waals surface area contributed by atoms with E-state index >= 15 is 0 Å². The molecular weight excluding hydrogens is 417 g/mol. The third-order valence-corrected chi connectivity index (χ3v) is 4.48. The molecule has 0 fully saturated rings. The largest absolute Gasteiger partial charge is 0.452 e. The maximum Gasteiger partial charge on any atom is 0.418 e. The number of halogens is 3. The molecule has 31 heavy (non-hydrogen) atoms. The lowest BCUT2D eigenvalue weighted by Crippen LogP contribution is -2.31. The Kier molecular flexibility index (Phi) is 8.43. The van der Waals surface area contributed by atoms with E-state index in [0.717, 1.165) is 24.1 Å². The molecule has 0 radical (unpaired) electrons. The van der Waals surface area contributed by atoms with Crippen LogP contribution in [0.2, 0.25) is 0 Å².